The molecule has 0 saturated heterocycles. The number of nitrogens with two attached hydrogens (primary N) is 1. The van der Waals surface area contributed by atoms with Gasteiger partial charge in [-0.1, -0.05) is 0 Å². The number of aromatic nitrogens is 3. The first-order valence-electron chi connectivity index (χ1n) is 4.92. The number of hydrogen-bond donors (Lipinski definition) is 1. The van der Waals surface area contributed by atoms with E-state index in [1.807, 2.05) is 13.8 Å². The van der Waals surface area contributed by atoms with Gasteiger partial charge < -0.3 is 5.73 Å². The highest BCUT2D eigenvalue weighted by Crippen LogP contribution is 2.20. The summed E-state index contributed by atoms with van der Waals surface area (Å²) in [4.78, 5) is 18.4. The topological polar surface area (TPSA) is 99.9 Å². The molecule has 0 amide bonds. The van der Waals surface area contributed by atoms with Crippen LogP contribution in [0.25, 0.3) is 5.82 Å². The number of rotatable bonds is 2. The van der Waals surface area contributed by atoms with Crippen LogP contribution in [0.5, 0.6) is 0 Å². The third-order valence-electron chi connectivity index (χ3n) is 2.53. The van der Waals surface area contributed by atoms with E-state index in [0.29, 0.717) is 5.82 Å². The molecule has 2 N–H and O–H groups in total. The lowest BCUT2D eigenvalue weighted by atomic mass is 10.3. The van der Waals surface area contributed by atoms with E-state index in [1.165, 1.54) is 12.1 Å². The summed E-state index contributed by atoms with van der Waals surface area (Å²) in [5.41, 5.74) is 7.17. The van der Waals surface area contributed by atoms with Crippen LogP contribution in [0.3, 0.4) is 0 Å². The lowest BCUT2D eigenvalue weighted by Gasteiger charge is -2.05. The number of aryl methyl sites for hydroxylation is 1. The molecule has 0 saturated carbocycles. The Balaban J connectivity index is 2.60. The molecule has 0 aliphatic rings. The Morgan fingerprint density at radius 2 is 2.12 bits per heavy atom. The molecular weight excluding hydrogens is 222 g/mol. The fraction of sp³-hybridized carbons (Fsp3) is 0.200. The van der Waals surface area contributed by atoms with E-state index >= 15 is 0 Å². The molecule has 2 aromatic rings. The number of anilines is 1. The largest absolute Gasteiger partial charge is 0.383 e. The molecule has 0 fully saturated rings. The molecule has 0 spiro atoms. The van der Waals surface area contributed by atoms with Gasteiger partial charge in [0.2, 0.25) is 0 Å². The van der Waals surface area contributed by atoms with Gasteiger partial charge in [0.1, 0.15) is 18.0 Å². The van der Waals surface area contributed by atoms with Crippen LogP contribution in [-0.2, 0) is 0 Å². The van der Waals surface area contributed by atoms with Crippen LogP contribution in [0.1, 0.15) is 11.4 Å². The second kappa shape index (κ2) is 3.85. The second-order valence-corrected chi connectivity index (χ2v) is 3.65. The Hall–Kier alpha value is -2.44. The van der Waals surface area contributed by atoms with Gasteiger partial charge in [0.25, 0.3) is 5.69 Å². The highest BCUT2D eigenvalue weighted by molar-refractivity contribution is 5.48. The fourth-order valence-corrected chi connectivity index (χ4v) is 1.48. The molecule has 2 rings (SSSR count). The van der Waals surface area contributed by atoms with E-state index in [4.69, 9.17) is 5.73 Å². The van der Waals surface area contributed by atoms with Gasteiger partial charge in [0.05, 0.1) is 22.7 Å². The summed E-state index contributed by atoms with van der Waals surface area (Å²) in [7, 11) is 0. The molecule has 7 nitrogen and oxygen atoms in total. The Morgan fingerprint density at radius 3 is 2.65 bits per heavy atom. The number of pyridine rings is 1. The predicted molar refractivity (Wildman–Crippen MR) is 61.9 cm³/mol. The first-order valence-corrected chi connectivity index (χ1v) is 4.92. The highest BCUT2D eigenvalue weighted by atomic mass is 16.6. The van der Waals surface area contributed by atoms with Crippen LogP contribution in [-0.4, -0.2) is 19.5 Å². The molecule has 0 unspecified atom stereocenters. The maximum Gasteiger partial charge on any atom is 0.276 e. The van der Waals surface area contributed by atoms with Gasteiger partial charge in [-0.15, -0.1) is 0 Å². The van der Waals surface area contributed by atoms with Gasteiger partial charge in [-0.2, -0.15) is 0 Å². The van der Waals surface area contributed by atoms with E-state index in [2.05, 4.69) is 9.97 Å². The van der Waals surface area contributed by atoms with Gasteiger partial charge in [-0.05, 0) is 13.8 Å². The molecule has 0 aliphatic carbocycles. The number of hydrogen-bond acceptors (Lipinski definition) is 5. The van der Waals surface area contributed by atoms with Gasteiger partial charge >= 0.3 is 0 Å². The highest BCUT2D eigenvalue weighted by Gasteiger charge is 2.13. The van der Waals surface area contributed by atoms with Crippen molar-refractivity contribution in [3.63, 3.8) is 0 Å². The van der Waals surface area contributed by atoms with E-state index in [9.17, 15) is 10.1 Å². The van der Waals surface area contributed by atoms with Gasteiger partial charge in [0, 0.05) is 5.69 Å². The van der Waals surface area contributed by atoms with Gasteiger partial charge in [-0.25, -0.2) is 9.97 Å². The number of nitrogen functional groups attached to an aromatic ring is 1. The predicted octanol–water partition coefficient (Wildman–Crippen LogP) is 1.37. The second-order valence-electron chi connectivity index (χ2n) is 3.65. The van der Waals surface area contributed by atoms with Crippen molar-refractivity contribution >= 4 is 11.5 Å². The monoisotopic (exact) mass is 233 g/mol. The van der Waals surface area contributed by atoms with Crippen molar-refractivity contribution in [1.82, 2.24) is 14.5 Å². The Morgan fingerprint density at radius 1 is 1.41 bits per heavy atom. The molecule has 0 radical (unpaired) electrons. The number of nitrogens with zero attached hydrogens (tertiary/aromatic N) is 4. The van der Waals surface area contributed by atoms with Gasteiger partial charge in [0.15, 0.2) is 0 Å². The third-order valence-corrected chi connectivity index (χ3v) is 2.53. The van der Waals surface area contributed by atoms with Crippen molar-refractivity contribution in [3.8, 4) is 5.82 Å². The lowest BCUT2D eigenvalue weighted by molar-refractivity contribution is -0.384. The quantitative estimate of drug-likeness (QED) is 0.623. The molecule has 0 atom stereocenters. The average Bonchev–Trinajstić information content (AvgIpc) is 2.59. The van der Waals surface area contributed by atoms with Crippen molar-refractivity contribution in [2.45, 2.75) is 13.8 Å². The van der Waals surface area contributed by atoms with Crippen LogP contribution in [0.2, 0.25) is 0 Å². The number of imidazole rings is 1. The molecule has 0 aromatic carbocycles. The van der Waals surface area contributed by atoms with E-state index < -0.39 is 4.92 Å². The van der Waals surface area contributed by atoms with E-state index in [1.54, 1.807) is 10.9 Å². The minimum atomic E-state index is -0.499. The maximum absolute atomic E-state index is 10.7. The zero-order valence-electron chi connectivity index (χ0n) is 9.41. The minimum Gasteiger partial charge on any atom is -0.383 e. The van der Waals surface area contributed by atoms with Crippen molar-refractivity contribution in [2.24, 2.45) is 0 Å². The Kier molecular flexibility index (Phi) is 2.51. The van der Waals surface area contributed by atoms with Crippen LogP contribution >= 0.6 is 0 Å². The maximum atomic E-state index is 10.7. The summed E-state index contributed by atoms with van der Waals surface area (Å²) in [6, 6.07) is 2.59. The SMILES string of the molecule is Cc1ncn(-c2cc([N+](=O)[O-])cc(N)n2)c1C. The van der Waals surface area contributed by atoms with Crippen LogP contribution in [0.4, 0.5) is 11.5 Å². The normalized spacial score (nSPS) is 10.5. The van der Waals surface area contributed by atoms with Crippen molar-refractivity contribution < 1.29 is 4.92 Å². The van der Waals surface area contributed by atoms with Crippen molar-refractivity contribution in [1.29, 1.82) is 0 Å². The summed E-state index contributed by atoms with van der Waals surface area (Å²) < 4.78 is 1.67. The smallest absolute Gasteiger partial charge is 0.276 e. The minimum absolute atomic E-state index is 0.0850. The van der Waals surface area contributed by atoms with Crippen molar-refractivity contribution in [2.75, 3.05) is 5.73 Å². The zero-order valence-corrected chi connectivity index (χ0v) is 9.41. The summed E-state index contributed by atoms with van der Waals surface area (Å²) >= 11 is 0. The molecule has 17 heavy (non-hydrogen) atoms. The first kappa shape index (κ1) is 11.1. The fourth-order valence-electron chi connectivity index (χ4n) is 1.48. The molecule has 0 aliphatic heterocycles. The molecule has 7 heteroatoms. The summed E-state index contributed by atoms with van der Waals surface area (Å²) in [6.45, 7) is 3.71. The van der Waals surface area contributed by atoms with Gasteiger partial charge in [-0.3, -0.25) is 14.7 Å². The Labute approximate surface area is 97.1 Å². The summed E-state index contributed by atoms with van der Waals surface area (Å²) in [5, 5.41) is 10.7. The summed E-state index contributed by atoms with van der Waals surface area (Å²) in [5.74, 6) is 0.509. The average molecular weight is 233 g/mol. The standard InChI is InChI=1S/C10H11N5O2/c1-6-7(2)14(5-12-6)10-4-8(15(16)17)3-9(11)13-10/h3-5H,1-2H3,(H2,11,13). The van der Waals surface area contributed by atoms with Crippen LogP contribution in [0, 0.1) is 24.0 Å². The van der Waals surface area contributed by atoms with E-state index in [0.717, 1.165) is 11.4 Å². The first-order chi connectivity index (χ1) is 7.99. The summed E-state index contributed by atoms with van der Waals surface area (Å²) in [6.07, 6.45) is 1.57. The number of nitro groups is 1. The third kappa shape index (κ3) is 1.94. The molecule has 2 aromatic heterocycles. The molecule has 88 valence electrons. The Bertz CT molecular complexity index is 590. The molecular formula is C10H11N5O2. The zero-order chi connectivity index (χ0) is 12.6. The molecule has 0 bridgehead atoms. The molecule has 2 heterocycles. The van der Waals surface area contributed by atoms with Crippen LogP contribution < -0.4 is 5.73 Å². The van der Waals surface area contributed by atoms with Crippen molar-refractivity contribution in [3.05, 3.63) is 40.0 Å². The van der Waals surface area contributed by atoms with E-state index in [-0.39, 0.29) is 11.5 Å². The lowest BCUT2D eigenvalue weighted by Crippen LogP contribution is -2.03. The van der Waals surface area contributed by atoms with Crippen LogP contribution in [0.15, 0.2) is 18.5 Å².